The van der Waals surface area contributed by atoms with E-state index in [1.165, 1.54) is 17.1 Å². The Kier molecular flexibility index (Phi) is 3.04. The number of fused-ring (bicyclic) bond motifs is 1. The fourth-order valence-electron chi connectivity index (χ4n) is 2.55. The molecule has 2 aromatic heterocycles. The number of nitrogens with zero attached hydrogens (tertiary/aromatic N) is 2. The van der Waals surface area contributed by atoms with Crippen LogP contribution in [-0.4, -0.2) is 48.9 Å². The zero-order valence-corrected chi connectivity index (χ0v) is 11.1. The summed E-state index contributed by atoms with van der Waals surface area (Å²) in [5.74, 6) is -0.293. The highest BCUT2D eigenvalue weighted by molar-refractivity contribution is 6.06. The number of aliphatic hydroxyl groups is 2. The quantitative estimate of drug-likeness (QED) is 0.341. The van der Waals surface area contributed by atoms with Gasteiger partial charge in [-0.1, -0.05) is 0 Å². The molecule has 4 atom stereocenters. The fraction of sp³-hybridized carbons (Fsp3) is 0.417. The molecule has 3 rings (SSSR count). The molecule has 0 amide bonds. The number of nitrogen functional groups attached to an aromatic ring is 1. The van der Waals surface area contributed by atoms with Crippen molar-refractivity contribution < 1.29 is 14.9 Å². The van der Waals surface area contributed by atoms with Crippen molar-refractivity contribution in [2.75, 3.05) is 0 Å². The van der Waals surface area contributed by atoms with Crippen molar-refractivity contribution in [1.82, 2.24) is 14.5 Å². The second-order valence-electron chi connectivity index (χ2n) is 5.01. The van der Waals surface area contributed by atoms with Gasteiger partial charge in [0.2, 0.25) is 0 Å². The fourth-order valence-corrected chi connectivity index (χ4v) is 2.55. The molecule has 1 aliphatic heterocycles. The summed E-state index contributed by atoms with van der Waals surface area (Å²) in [5.41, 5.74) is 5.48. The highest BCUT2D eigenvalue weighted by atomic mass is 16.6. The largest absolute Gasteiger partial charge is 0.388 e. The van der Waals surface area contributed by atoms with Gasteiger partial charge < -0.3 is 30.2 Å². The number of nitrogens with one attached hydrogen (secondary N) is 2. The van der Waals surface area contributed by atoms with E-state index in [0.29, 0.717) is 0 Å². The molecule has 0 spiro atoms. The Hall–Kier alpha value is -2.23. The maximum absolute atomic E-state index is 11.9. The number of nitrogens with two attached hydrogens (primary N) is 1. The van der Waals surface area contributed by atoms with Crippen LogP contribution in [0.3, 0.4) is 0 Å². The van der Waals surface area contributed by atoms with Crippen molar-refractivity contribution in [2.45, 2.75) is 31.5 Å². The van der Waals surface area contributed by atoms with Crippen LogP contribution in [0.25, 0.3) is 11.0 Å². The first-order valence-corrected chi connectivity index (χ1v) is 6.36. The zero-order chi connectivity index (χ0) is 15.3. The van der Waals surface area contributed by atoms with Gasteiger partial charge in [-0.05, 0) is 6.92 Å². The van der Waals surface area contributed by atoms with Gasteiger partial charge in [0.15, 0.2) is 6.23 Å². The lowest BCUT2D eigenvalue weighted by Gasteiger charge is -2.17. The average Bonchev–Trinajstić information content (AvgIpc) is 2.94. The van der Waals surface area contributed by atoms with E-state index in [1.807, 2.05) is 0 Å². The molecule has 1 aliphatic rings. The molecule has 21 heavy (non-hydrogen) atoms. The minimum absolute atomic E-state index is 0.148. The monoisotopic (exact) mass is 293 g/mol. The Bertz CT molecular complexity index is 767. The van der Waals surface area contributed by atoms with Crippen LogP contribution in [0.2, 0.25) is 0 Å². The second-order valence-corrected chi connectivity index (χ2v) is 5.01. The number of hydrogen-bond donors (Lipinski definition) is 5. The van der Waals surface area contributed by atoms with Crippen molar-refractivity contribution in [1.29, 1.82) is 5.41 Å². The van der Waals surface area contributed by atoms with Crippen molar-refractivity contribution >= 4 is 16.9 Å². The molecule has 0 bridgehead atoms. The Balaban J connectivity index is 2.23. The molecule has 0 unspecified atom stereocenters. The summed E-state index contributed by atoms with van der Waals surface area (Å²) < 4.78 is 6.93. The van der Waals surface area contributed by atoms with E-state index < -0.39 is 30.1 Å². The van der Waals surface area contributed by atoms with E-state index in [1.54, 1.807) is 6.92 Å². The maximum atomic E-state index is 11.9. The molecule has 0 saturated carbocycles. The van der Waals surface area contributed by atoms with Gasteiger partial charge in [-0.25, -0.2) is 4.98 Å². The van der Waals surface area contributed by atoms with Gasteiger partial charge in [0.25, 0.3) is 5.56 Å². The number of H-pyrrole nitrogens is 1. The summed E-state index contributed by atoms with van der Waals surface area (Å²) in [7, 11) is 0. The number of aromatic nitrogens is 3. The summed E-state index contributed by atoms with van der Waals surface area (Å²) >= 11 is 0. The van der Waals surface area contributed by atoms with Crippen LogP contribution in [-0.2, 0) is 4.74 Å². The Labute approximate surface area is 118 Å². The summed E-state index contributed by atoms with van der Waals surface area (Å²) in [6.45, 7) is 1.63. The molecule has 0 aliphatic carbocycles. The molecule has 9 nitrogen and oxygen atoms in total. The van der Waals surface area contributed by atoms with Crippen LogP contribution in [0, 0.1) is 5.41 Å². The molecule has 9 heteroatoms. The van der Waals surface area contributed by atoms with Gasteiger partial charge in [0, 0.05) is 11.8 Å². The van der Waals surface area contributed by atoms with Gasteiger partial charge >= 0.3 is 0 Å². The minimum Gasteiger partial charge on any atom is -0.388 e. The van der Waals surface area contributed by atoms with Crippen LogP contribution in [0.1, 0.15) is 18.7 Å². The van der Waals surface area contributed by atoms with E-state index >= 15 is 0 Å². The zero-order valence-electron chi connectivity index (χ0n) is 11.1. The first-order valence-electron chi connectivity index (χ1n) is 6.36. The number of aliphatic hydroxyl groups excluding tert-OH is 2. The predicted octanol–water partition coefficient (Wildman–Crippen LogP) is -1.35. The Morgan fingerprint density at radius 1 is 1.52 bits per heavy atom. The average molecular weight is 293 g/mol. The summed E-state index contributed by atoms with van der Waals surface area (Å²) in [6.07, 6.45) is -1.04. The topological polar surface area (TPSA) is 150 Å². The van der Waals surface area contributed by atoms with Crippen LogP contribution in [0.15, 0.2) is 17.3 Å². The van der Waals surface area contributed by atoms with Crippen LogP contribution < -0.4 is 11.3 Å². The molecule has 1 saturated heterocycles. The standard InChI is InChI=1S/C12H15N5O4/c1-4-7(18)8(19)12(21-4)17-2-5(9(13)14)6-10(17)15-3-16-11(6)20/h2-4,7-8,12,18-19H,1H3,(H3,13,14)(H,15,16,20)/t4-,7-,8-,12-/m1/s1. The van der Waals surface area contributed by atoms with E-state index in [0.717, 1.165) is 0 Å². The van der Waals surface area contributed by atoms with Gasteiger partial charge in [-0.3, -0.25) is 10.2 Å². The highest BCUT2D eigenvalue weighted by Gasteiger charge is 2.42. The molecule has 112 valence electrons. The SMILES string of the molecule is C[C@H]1O[C@@H](n2cc(C(=N)N)c3c(=O)[nH]cnc32)[C@H](O)[C@@H]1O. The third-order valence-electron chi connectivity index (χ3n) is 3.66. The molecule has 6 N–H and O–H groups in total. The lowest BCUT2D eigenvalue weighted by molar-refractivity contribution is -0.0296. The van der Waals surface area contributed by atoms with E-state index in [4.69, 9.17) is 15.9 Å². The van der Waals surface area contributed by atoms with Gasteiger partial charge in [-0.2, -0.15) is 0 Å². The van der Waals surface area contributed by atoms with Crippen molar-refractivity contribution in [3.63, 3.8) is 0 Å². The second kappa shape index (κ2) is 4.65. The molecule has 0 radical (unpaired) electrons. The highest BCUT2D eigenvalue weighted by Crippen LogP contribution is 2.32. The maximum Gasteiger partial charge on any atom is 0.260 e. The Morgan fingerprint density at radius 2 is 2.24 bits per heavy atom. The van der Waals surface area contributed by atoms with Crippen molar-refractivity contribution in [3.05, 3.63) is 28.4 Å². The summed E-state index contributed by atoms with van der Waals surface area (Å²) in [5, 5.41) is 27.6. The first kappa shape index (κ1) is 13.7. The van der Waals surface area contributed by atoms with Crippen LogP contribution in [0.5, 0.6) is 0 Å². The number of rotatable bonds is 2. The number of hydrogen-bond acceptors (Lipinski definition) is 6. The smallest absolute Gasteiger partial charge is 0.260 e. The summed E-state index contributed by atoms with van der Waals surface area (Å²) in [6, 6.07) is 0. The lowest BCUT2D eigenvalue weighted by atomic mass is 10.1. The third-order valence-corrected chi connectivity index (χ3v) is 3.66. The van der Waals surface area contributed by atoms with Gasteiger partial charge in [-0.15, -0.1) is 0 Å². The predicted molar refractivity (Wildman–Crippen MR) is 73.0 cm³/mol. The van der Waals surface area contributed by atoms with Gasteiger partial charge in [0.05, 0.1) is 17.8 Å². The molecular formula is C12H15N5O4. The van der Waals surface area contributed by atoms with Crippen LogP contribution in [0.4, 0.5) is 0 Å². The first-order chi connectivity index (χ1) is 9.91. The van der Waals surface area contributed by atoms with Crippen molar-refractivity contribution in [2.24, 2.45) is 5.73 Å². The molecule has 1 fully saturated rings. The summed E-state index contributed by atoms with van der Waals surface area (Å²) in [4.78, 5) is 18.4. The lowest BCUT2D eigenvalue weighted by Crippen LogP contribution is -2.30. The van der Waals surface area contributed by atoms with E-state index in [2.05, 4.69) is 9.97 Å². The molecule has 3 heterocycles. The van der Waals surface area contributed by atoms with Crippen LogP contribution >= 0.6 is 0 Å². The van der Waals surface area contributed by atoms with Gasteiger partial charge in [0.1, 0.15) is 23.7 Å². The number of aromatic amines is 1. The van der Waals surface area contributed by atoms with E-state index in [-0.39, 0.29) is 22.4 Å². The Morgan fingerprint density at radius 3 is 2.81 bits per heavy atom. The normalized spacial score (nSPS) is 29.1. The minimum atomic E-state index is -1.17. The molecule has 0 aromatic carbocycles. The molecular weight excluding hydrogens is 278 g/mol. The third kappa shape index (κ3) is 1.94. The van der Waals surface area contributed by atoms with Crippen molar-refractivity contribution in [3.8, 4) is 0 Å². The van der Waals surface area contributed by atoms with E-state index in [9.17, 15) is 15.0 Å². The number of ether oxygens (including phenoxy) is 1. The molecule has 2 aromatic rings. The number of amidine groups is 1.